The minimum Gasteiger partial charge on any atom is -0.491 e. The number of hydrogen-bond acceptors (Lipinski definition) is 9. The molecule has 2 N–H and O–H groups in total. The quantitative estimate of drug-likeness (QED) is 0.201. The standard InChI is InChI=1S/C31H43ClO10/c32-21-9-7-10-22(17-21)39-19-23(41-29-14-5-6-15-37-29)20-40-30-24(11-3-1-2-4-13-28(35)36)26(34)18-27(30)42-31-25(33)12-8-16-38-31/h1,3,7,9-10,17,23-24,26-27,29-31,34H,2,4-6,8,11-16,18-20H2,(H,35,36). The number of hydrogen-bond donors (Lipinski definition) is 2. The topological polar surface area (TPSA) is 130 Å². The lowest BCUT2D eigenvalue weighted by Crippen LogP contribution is -2.42. The molecule has 11 heteroatoms. The van der Waals surface area contributed by atoms with Gasteiger partial charge in [-0.15, -0.1) is 0 Å². The molecule has 1 saturated carbocycles. The van der Waals surface area contributed by atoms with Crippen LogP contribution in [0.3, 0.4) is 0 Å². The van der Waals surface area contributed by atoms with Crippen molar-refractivity contribution in [2.75, 3.05) is 26.4 Å². The molecule has 7 atom stereocenters. The van der Waals surface area contributed by atoms with E-state index >= 15 is 0 Å². The lowest BCUT2D eigenvalue weighted by molar-refractivity contribution is -0.223. The average Bonchev–Trinajstić information content (AvgIpc) is 3.27. The summed E-state index contributed by atoms with van der Waals surface area (Å²) in [5.74, 6) is -0.624. The number of carboxylic acid groups (broad SMARTS) is 1. The number of rotatable bonds is 16. The van der Waals surface area contributed by atoms with E-state index in [1.54, 1.807) is 12.1 Å². The van der Waals surface area contributed by atoms with Crippen LogP contribution in [-0.2, 0) is 33.3 Å². The largest absolute Gasteiger partial charge is 0.491 e. The Kier molecular flexibility index (Phi) is 13.5. The molecule has 234 valence electrons. The van der Waals surface area contributed by atoms with Crippen LogP contribution in [0.25, 0.3) is 0 Å². The van der Waals surface area contributed by atoms with Gasteiger partial charge >= 0.3 is 5.97 Å². The lowest BCUT2D eigenvalue weighted by atomic mass is 9.98. The lowest BCUT2D eigenvalue weighted by Gasteiger charge is -2.32. The molecule has 4 rings (SSSR count). The number of ether oxygens (including phenoxy) is 6. The third-order valence-electron chi connectivity index (χ3n) is 7.68. The fourth-order valence-electron chi connectivity index (χ4n) is 5.48. The summed E-state index contributed by atoms with van der Waals surface area (Å²) in [5.41, 5.74) is 0. The molecule has 0 aromatic heterocycles. The van der Waals surface area contributed by atoms with Crippen molar-refractivity contribution in [3.8, 4) is 5.75 Å². The smallest absolute Gasteiger partial charge is 0.303 e. The third-order valence-corrected chi connectivity index (χ3v) is 7.91. The Morgan fingerprint density at radius 2 is 2.00 bits per heavy atom. The third kappa shape index (κ3) is 10.6. The predicted molar refractivity (Wildman–Crippen MR) is 153 cm³/mol. The van der Waals surface area contributed by atoms with Crippen molar-refractivity contribution >= 4 is 23.4 Å². The molecule has 42 heavy (non-hydrogen) atoms. The van der Waals surface area contributed by atoms with E-state index in [2.05, 4.69) is 0 Å². The summed E-state index contributed by atoms with van der Waals surface area (Å²) in [6, 6.07) is 7.13. The SMILES string of the molecule is O=C(O)CCCC=CCC1C(O)CC(OC2OCCCC2=O)C1OCC(COc1cccc(Cl)c1)OC1CCCCO1. The molecular weight excluding hydrogens is 568 g/mol. The molecule has 2 aliphatic heterocycles. The van der Waals surface area contributed by atoms with Gasteiger partial charge in [0.2, 0.25) is 6.29 Å². The number of benzene rings is 1. The summed E-state index contributed by atoms with van der Waals surface area (Å²) in [6.07, 6.45) is 6.17. The second kappa shape index (κ2) is 17.3. The van der Waals surface area contributed by atoms with Crippen LogP contribution in [0.15, 0.2) is 36.4 Å². The van der Waals surface area contributed by atoms with Crippen molar-refractivity contribution < 1.29 is 48.2 Å². The van der Waals surface area contributed by atoms with Crippen LogP contribution in [0, 0.1) is 5.92 Å². The molecule has 1 aromatic rings. The highest BCUT2D eigenvalue weighted by atomic mass is 35.5. The summed E-state index contributed by atoms with van der Waals surface area (Å²) in [7, 11) is 0. The number of Topliss-reactive ketones (excluding diaryl/α,β-unsaturated/α-hetero) is 1. The number of carboxylic acids is 1. The van der Waals surface area contributed by atoms with E-state index in [0.29, 0.717) is 62.5 Å². The first-order valence-corrected chi connectivity index (χ1v) is 15.4. The fraction of sp³-hybridized carbons (Fsp3) is 0.677. The van der Waals surface area contributed by atoms with Gasteiger partial charge in [0.1, 0.15) is 18.5 Å². The fourth-order valence-corrected chi connectivity index (χ4v) is 5.67. The highest BCUT2D eigenvalue weighted by Crippen LogP contribution is 2.36. The van der Waals surface area contributed by atoms with Crippen molar-refractivity contribution in [1.29, 1.82) is 0 Å². The van der Waals surface area contributed by atoms with Crippen LogP contribution in [0.4, 0.5) is 0 Å². The van der Waals surface area contributed by atoms with E-state index < -0.39 is 36.7 Å². The van der Waals surface area contributed by atoms with E-state index in [1.165, 1.54) is 0 Å². The van der Waals surface area contributed by atoms with Crippen LogP contribution in [0.2, 0.25) is 5.02 Å². The van der Waals surface area contributed by atoms with Crippen LogP contribution in [-0.4, -0.2) is 85.4 Å². The maximum Gasteiger partial charge on any atom is 0.303 e. The molecule has 0 radical (unpaired) electrons. The van der Waals surface area contributed by atoms with Crippen LogP contribution in [0.5, 0.6) is 5.75 Å². The number of aliphatic hydroxyl groups excluding tert-OH is 1. The van der Waals surface area contributed by atoms with Crippen molar-refractivity contribution in [2.45, 2.75) is 101 Å². The van der Waals surface area contributed by atoms with Gasteiger partial charge in [0.05, 0.1) is 31.5 Å². The first kappa shape index (κ1) is 32.9. The zero-order valence-electron chi connectivity index (χ0n) is 23.9. The molecular formula is C31H43ClO10. The maximum atomic E-state index is 12.4. The van der Waals surface area contributed by atoms with Gasteiger partial charge in [0.15, 0.2) is 12.1 Å². The van der Waals surface area contributed by atoms with Gasteiger partial charge < -0.3 is 38.6 Å². The highest BCUT2D eigenvalue weighted by molar-refractivity contribution is 6.30. The number of aliphatic hydroxyl groups is 1. The molecule has 7 unspecified atom stereocenters. The Morgan fingerprint density at radius 3 is 2.76 bits per heavy atom. The molecule has 10 nitrogen and oxygen atoms in total. The summed E-state index contributed by atoms with van der Waals surface area (Å²) in [5, 5.41) is 20.4. The van der Waals surface area contributed by atoms with E-state index in [4.69, 9.17) is 45.1 Å². The summed E-state index contributed by atoms with van der Waals surface area (Å²) < 4.78 is 36.2. The van der Waals surface area contributed by atoms with Crippen LogP contribution < -0.4 is 4.74 Å². The van der Waals surface area contributed by atoms with Gasteiger partial charge in [-0.2, -0.15) is 0 Å². The Hall–Kier alpha value is -2.05. The van der Waals surface area contributed by atoms with E-state index in [-0.39, 0.29) is 37.6 Å². The number of halogens is 1. The first-order chi connectivity index (χ1) is 20.4. The number of unbranched alkanes of at least 4 members (excludes halogenated alkanes) is 1. The monoisotopic (exact) mass is 610 g/mol. The van der Waals surface area contributed by atoms with E-state index in [1.807, 2.05) is 24.3 Å². The number of carbonyl (C=O) groups excluding carboxylic acids is 1. The molecule has 3 aliphatic rings. The van der Waals surface area contributed by atoms with Crippen LogP contribution >= 0.6 is 11.6 Å². The van der Waals surface area contributed by atoms with Gasteiger partial charge in [-0.25, -0.2) is 0 Å². The average molecular weight is 611 g/mol. The highest BCUT2D eigenvalue weighted by Gasteiger charge is 2.46. The van der Waals surface area contributed by atoms with Crippen molar-refractivity contribution in [1.82, 2.24) is 0 Å². The van der Waals surface area contributed by atoms with Crippen molar-refractivity contribution in [3.05, 3.63) is 41.4 Å². The Balaban J connectivity index is 1.42. The molecule has 0 amide bonds. The number of ketones is 1. The second-order valence-electron chi connectivity index (χ2n) is 11.0. The van der Waals surface area contributed by atoms with Gasteiger partial charge in [-0.3, -0.25) is 9.59 Å². The minimum atomic E-state index is -0.971. The molecule has 2 saturated heterocycles. The second-order valence-corrected chi connectivity index (χ2v) is 11.5. The van der Waals surface area contributed by atoms with Gasteiger partial charge in [-0.1, -0.05) is 29.8 Å². The number of aliphatic carboxylic acids is 1. The zero-order valence-corrected chi connectivity index (χ0v) is 24.7. The molecule has 2 heterocycles. The Morgan fingerprint density at radius 1 is 1.14 bits per heavy atom. The van der Waals surface area contributed by atoms with Crippen LogP contribution in [0.1, 0.15) is 64.2 Å². The predicted octanol–water partition coefficient (Wildman–Crippen LogP) is 4.69. The molecule has 1 aromatic carbocycles. The number of allylic oxidation sites excluding steroid dienone is 2. The van der Waals surface area contributed by atoms with E-state index in [0.717, 1.165) is 19.3 Å². The summed E-state index contributed by atoms with van der Waals surface area (Å²) in [6.45, 7) is 1.42. The molecule has 0 spiro atoms. The normalized spacial score (nSPS) is 29.1. The molecule has 1 aliphatic carbocycles. The van der Waals surface area contributed by atoms with Crippen molar-refractivity contribution in [3.63, 3.8) is 0 Å². The van der Waals surface area contributed by atoms with Gasteiger partial charge in [0, 0.05) is 36.8 Å². The first-order valence-electron chi connectivity index (χ1n) is 15.0. The van der Waals surface area contributed by atoms with Crippen molar-refractivity contribution in [2.24, 2.45) is 5.92 Å². The van der Waals surface area contributed by atoms with E-state index in [9.17, 15) is 14.7 Å². The minimum absolute atomic E-state index is 0.108. The van der Waals surface area contributed by atoms with Gasteiger partial charge in [-0.05, 0) is 63.1 Å². The Bertz CT molecular complexity index is 1010. The van der Waals surface area contributed by atoms with Gasteiger partial charge in [0.25, 0.3) is 0 Å². The molecule has 3 fully saturated rings. The molecule has 0 bridgehead atoms. The Labute approximate surface area is 252 Å². The summed E-state index contributed by atoms with van der Waals surface area (Å²) in [4.78, 5) is 23.2. The number of carbonyl (C=O) groups is 2. The maximum absolute atomic E-state index is 12.4. The summed E-state index contributed by atoms with van der Waals surface area (Å²) >= 11 is 6.12. The zero-order chi connectivity index (χ0) is 29.7.